The molecule has 0 bridgehead atoms. The lowest BCUT2D eigenvalue weighted by molar-refractivity contribution is 0.294. The summed E-state index contributed by atoms with van der Waals surface area (Å²) in [6.07, 6.45) is 2.34. The molecule has 0 aliphatic rings. The molecule has 0 aliphatic carbocycles. The Balaban J connectivity index is 2.63. The molecular weight excluding hydrogens is 344 g/mol. The summed E-state index contributed by atoms with van der Waals surface area (Å²) < 4.78 is 7.02. The Kier molecular flexibility index (Phi) is 6.57. The summed E-state index contributed by atoms with van der Waals surface area (Å²) in [5, 5.41) is 0.826. The van der Waals surface area contributed by atoms with Crippen LogP contribution in [0, 0.1) is 12.8 Å². The fourth-order valence-corrected chi connectivity index (χ4v) is 2.81. The first-order valence-corrected chi connectivity index (χ1v) is 7.93. The minimum Gasteiger partial charge on any atom is -0.493 e. The molecule has 1 aromatic carbocycles. The maximum Gasteiger partial charge on any atom is 0.126 e. The van der Waals surface area contributed by atoms with E-state index in [4.69, 9.17) is 4.74 Å². The van der Waals surface area contributed by atoms with Crippen LogP contribution in [-0.2, 0) is 5.33 Å². The van der Waals surface area contributed by atoms with E-state index in [1.54, 1.807) is 0 Å². The summed E-state index contributed by atoms with van der Waals surface area (Å²) in [4.78, 5) is 0. The normalized spacial score (nSPS) is 10.9. The van der Waals surface area contributed by atoms with Crippen LogP contribution in [0.15, 0.2) is 16.6 Å². The zero-order valence-electron chi connectivity index (χ0n) is 10.7. The van der Waals surface area contributed by atoms with Crippen LogP contribution in [0.4, 0.5) is 0 Å². The number of hydrogen-bond donors (Lipinski definition) is 0. The molecular formula is C14H20Br2O. The van der Waals surface area contributed by atoms with Crippen molar-refractivity contribution in [3.63, 3.8) is 0 Å². The largest absolute Gasteiger partial charge is 0.493 e. The van der Waals surface area contributed by atoms with Gasteiger partial charge >= 0.3 is 0 Å². The van der Waals surface area contributed by atoms with Gasteiger partial charge in [0.25, 0.3) is 0 Å². The third-order valence-corrected chi connectivity index (χ3v) is 3.69. The van der Waals surface area contributed by atoms with Crippen molar-refractivity contribution in [2.45, 2.75) is 38.9 Å². The molecule has 0 saturated heterocycles. The monoisotopic (exact) mass is 362 g/mol. The number of benzene rings is 1. The standard InChI is InChI=1S/C14H20Br2O/c1-10(2)5-4-6-17-14-11(3)7-13(16)8-12(14)9-15/h7-8,10H,4-6,9H2,1-3H3. The number of rotatable bonds is 6. The van der Waals surface area contributed by atoms with E-state index in [1.807, 2.05) is 0 Å². The van der Waals surface area contributed by atoms with Gasteiger partial charge in [-0.15, -0.1) is 0 Å². The second kappa shape index (κ2) is 7.42. The molecule has 0 aromatic heterocycles. The van der Waals surface area contributed by atoms with Crippen molar-refractivity contribution in [3.05, 3.63) is 27.7 Å². The number of hydrogen-bond acceptors (Lipinski definition) is 1. The number of aryl methyl sites for hydroxylation is 1. The summed E-state index contributed by atoms with van der Waals surface area (Å²) in [6, 6.07) is 4.21. The highest BCUT2D eigenvalue weighted by Crippen LogP contribution is 2.29. The molecule has 1 aromatic rings. The highest BCUT2D eigenvalue weighted by molar-refractivity contribution is 9.10. The average molecular weight is 364 g/mol. The maximum atomic E-state index is 5.91. The SMILES string of the molecule is Cc1cc(Br)cc(CBr)c1OCCCC(C)C. The van der Waals surface area contributed by atoms with E-state index in [1.165, 1.54) is 17.5 Å². The van der Waals surface area contributed by atoms with Crippen LogP contribution in [0.2, 0.25) is 0 Å². The van der Waals surface area contributed by atoms with Crippen LogP contribution >= 0.6 is 31.9 Å². The predicted molar refractivity (Wildman–Crippen MR) is 81.1 cm³/mol. The Bertz CT molecular complexity index is 361. The van der Waals surface area contributed by atoms with Gasteiger partial charge in [-0.1, -0.05) is 45.7 Å². The zero-order valence-corrected chi connectivity index (χ0v) is 13.9. The Morgan fingerprint density at radius 2 is 2.00 bits per heavy atom. The van der Waals surface area contributed by atoms with Crippen molar-refractivity contribution in [3.8, 4) is 5.75 Å². The van der Waals surface area contributed by atoms with Crippen molar-refractivity contribution in [2.24, 2.45) is 5.92 Å². The second-order valence-electron chi connectivity index (χ2n) is 4.73. The highest BCUT2D eigenvalue weighted by atomic mass is 79.9. The maximum absolute atomic E-state index is 5.91. The number of alkyl halides is 1. The van der Waals surface area contributed by atoms with Crippen molar-refractivity contribution < 1.29 is 4.74 Å². The molecule has 0 spiro atoms. The molecule has 0 N–H and O–H groups in total. The van der Waals surface area contributed by atoms with E-state index < -0.39 is 0 Å². The summed E-state index contributed by atoms with van der Waals surface area (Å²) in [7, 11) is 0. The van der Waals surface area contributed by atoms with Gasteiger partial charge in [0.15, 0.2) is 0 Å². The summed E-state index contributed by atoms with van der Waals surface area (Å²) in [6.45, 7) is 7.39. The fraction of sp³-hybridized carbons (Fsp3) is 0.571. The highest BCUT2D eigenvalue weighted by Gasteiger charge is 2.08. The van der Waals surface area contributed by atoms with Gasteiger partial charge in [-0.25, -0.2) is 0 Å². The van der Waals surface area contributed by atoms with Gasteiger partial charge in [0, 0.05) is 15.4 Å². The van der Waals surface area contributed by atoms with Crippen molar-refractivity contribution in [1.82, 2.24) is 0 Å². The van der Waals surface area contributed by atoms with E-state index in [-0.39, 0.29) is 0 Å². The average Bonchev–Trinajstić information content (AvgIpc) is 2.25. The molecule has 3 heteroatoms. The van der Waals surface area contributed by atoms with Gasteiger partial charge in [-0.05, 0) is 43.4 Å². The Morgan fingerprint density at radius 3 is 2.59 bits per heavy atom. The first-order chi connectivity index (χ1) is 8.04. The minimum absolute atomic E-state index is 0.750. The third-order valence-electron chi connectivity index (χ3n) is 2.63. The first-order valence-electron chi connectivity index (χ1n) is 6.02. The second-order valence-corrected chi connectivity index (χ2v) is 6.21. The molecule has 96 valence electrons. The van der Waals surface area contributed by atoms with Gasteiger partial charge < -0.3 is 4.74 Å². The lowest BCUT2D eigenvalue weighted by Gasteiger charge is -2.14. The van der Waals surface area contributed by atoms with Crippen molar-refractivity contribution >= 4 is 31.9 Å². The Morgan fingerprint density at radius 1 is 1.29 bits per heavy atom. The molecule has 0 aliphatic heterocycles. The van der Waals surface area contributed by atoms with Crippen LogP contribution < -0.4 is 4.74 Å². The lowest BCUT2D eigenvalue weighted by Crippen LogP contribution is -2.03. The van der Waals surface area contributed by atoms with Gasteiger partial charge in [0.2, 0.25) is 0 Å². The molecule has 0 saturated carbocycles. The Hall–Kier alpha value is -0.0200. The molecule has 17 heavy (non-hydrogen) atoms. The number of halogens is 2. The quantitative estimate of drug-likeness (QED) is 0.481. The molecule has 1 nitrogen and oxygen atoms in total. The minimum atomic E-state index is 0.750. The van der Waals surface area contributed by atoms with Gasteiger partial charge in [-0.3, -0.25) is 0 Å². The van der Waals surface area contributed by atoms with Gasteiger partial charge in [0.05, 0.1) is 6.61 Å². The van der Waals surface area contributed by atoms with Gasteiger partial charge in [-0.2, -0.15) is 0 Å². The summed E-state index contributed by atoms with van der Waals surface area (Å²) >= 11 is 7.02. The topological polar surface area (TPSA) is 9.23 Å². The van der Waals surface area contributed by atoms with E-state index in [0.717, 1.165) is 34.5 Å². The molecule has 0 unspecified atom stereocenters. The number of ether oxygens (including phenoxy) is 1. The van der Waals surface area contributed by atoms with E-state index in [2.05, 4.69) is 64.8 Å². The van der Waals surface area contributed by atoms with Crippen LogP contribution in [0.25, 0.3) is 0 Å². The zero-order chi connectivity index (χ0) is 12.8. The van der Waals surface area contributed by atoms with Crippen LogP contribution in [-0.4, -0.2) is 6.61 Å². The van der Waals surface area contributed by atoms with Crippen molar-refractivity contribution in [2.75, 3.05) is 6.61 Å². The van der Waals surface area contributed by atoms with Crippen LogP contribution in [0.5, 0.6) is 5.75 Å². The Labute approximate surface area is 121 Å². The van der Waals surface area contributed by atoms with Crippen LogP contribution in [0.1, 0.15) is 37.8 Å². The van der Waals surface area contributed by atoms with Crippen molar-refractivity contribution in [1.29, 1.82) is 0 Å². The van der Waals surface area contributed by atoms with Gasteiger partial charge in [0.1, 0.15) is 5.75 Å². The molecule has 0 fully saturated rings. The fourth-order valence-electron chi connectivity index (χ4n) is 1.77. The predicted octanol–water partition coefficient (Wildman–Crippen LogP) is 5.47. The first kappa shape index (κ1) is 15.0. The van der Waals surface area contributed by atoms with Crippen LogP contribution in [0.3, 0.4) is 0 Å². The summed E-state index contributed by atoms with van der Waals surface area (Å²) in [5.41, 5.74) is 2.40. The third kappa shape index (κ3) is 5.01. The molecule has 0 radical (unpaired) electrons. The van der Waals surface area contributed by atoms with E-state index in [0.29, 0.717) is 0 Å². The molecule has 0 atom stereocenters. The lowest BCUT2D eigenvalue weighted by atomic mass is 10.1. The summed E-state index contributed by atoms with van der Waals surface area (Å²) in [5.74, 6) is 1.79. The smallest absolute Gasteiger partial charge is 0.126 e. The van der Waals surface area contributed by atoms with E-state index >= 15 is 0 Å². The molecule has 1 rings (SSSR count). The molecule has 0 amide bonds. The van der Waals surface area contributed by atoms with E-state index in [9.17, 15) is 0 Å². The molecule has 0 heterocycles.